The first-order valence-electron chi connectivity index (χ1n) is 12.3. The van der Waals surface area contributed by atoms with Crippen LogP contribution in [0.15, 0.2) is 30.9 Å². The lowest BCUT2D eigenvalue weighted by atomic mass is 9.96. The maximum Gasteiger partial charge on any atom is 0.218 e. The number of nitrogens with two attached hydrogens (primary N) is 1. The summed E-state index contributed by atoms with van der Waals surface area (Å²) in [5.41, 5.74) is 7.48. The van der Waals surface area contributed by atoms with Crippen molar-refractivity contribution in [3.05, 3.63) is 41.4 Å². The molecule has 9 nitrogen and oxygen atoms in total. The van der Waals surface area contributed by atoms with E-state index in [2.05, 4.69) is 27.1 Å². The number of nitrogens with zero attached hydrogens (tertiary/aromatic N) is 4. The molecule has 0 saturated carbocycles. The Labute approximate surface area is 213 Å². The van der Waals surface area contributed by atoms with Gasteiger partial charge in [0, 0.05) is 56.7 Å². The number of nitrogen functional groups attached to an aromatic ring is 1. The van der Waals surface area contributed by atoms with E-state index in [4.69, 9.17) is 26.8 Å². The van der Waals surface area contributed by atoms with E-state index in [-0.39, 0.29) is 6.10 Å². The van der Waals surface area contributed by atoms with E-state index in [9.17, 15) is 4.79 Å². The average Bonchev–Trinajstić information content (AvgIpc) is 3.39. The van der Waals surface area contributed by atoms with Gasteiger partial charge < -0.3 is 25.4 Å². The van der Waals surface area contributed by atoms with Crippen molar-refractivity contribution >= 4 is 23.7 Å². The summed E-state index contributed by atoms with van der Waals surface area (Å²) in [6.45, 7) is 10.6. The van der Waals surface area contributed by atoms with Crippen molar-refractivity contribution in [2.75, 3.05) is 65.3 Å². The molecule has 194 valence electrons. The molecular formula is C25H39ClN6O3. The van der Waals surface area contributed by atoms with Crippen LogP contribution in [-0.2, 0) is 16.1 Å². The van der Waals surface area contributed by atoms with E-state index in [1.165, 1.54) is 43.4 Å². The van der Waals surface area contributed by atoms with Crippen LogP contribution in [-0.4, -0.2) is 91.4 Å². The van der Waals surface area contributed by atoms with Gasteiger partial charge in [-0.2, -0.15) is 0 Å². The van der Waals surface area contributed by atoms with Gasteiger partial charge in [-0.1, -0.05) is 11.6 Å². The number of likely N-dealkylation sites (tertiary alicyclic amines) is 1. The summed E-state index contributed by atoms with van der Waals surface area (Å²) in [5.74, 6) is 1.62. The Morgan fingerprint density at radius 3 is 2.77 bits per heavy atom. The molecule has 4 rings (SSSR count). The molecule has 2 aromatic rings. The molecule has 1 aromatic carbocycles. The second kappa shape index (κ2) is 14.4. The van der Waals surface area contributed by atoms with Crippen molar-refractivity contribution in [1.82, 2.24) is 24.7 Å². The van der Waals surface area contributed by atoms with E-state index in [1.807, 2.05) is 19.1 Å². The van der Waals surface area contributed by atoms with Gasteiger partial charge in [-0.25, -0.2) is 4.98 Å². The highest BCUT2D eigenvalue weighted by Gasteiger charge is 2.24. The second-order valence-corrected chi connectivity index (χ2v) is 9.57. The van der Waals surface area contributed by atoms with Gasteiger partial charge in [0.1, 0.15) is 12.1 Å². The highest BCUT2D eigenvalue weighted by molar-refractivity contribution is 6.33. The highest BCUT2D eigenvalue weighted by atomic mass is 35.5. The van der Waals surface area contributed by atoms with Crippen molar-refractivity contribution in [2.45, 2.75) is 32.4 Å². The summed E-state index contributed by atoms with van der Waals surface area (Å²) in [7, 11) is 2.22. The standard InChI is InChI=1S/C21H35ClN4O2.C4H4N2O/c1-3-27-21-11-20(23)19(22)10-17(21)12-24-13-18-15-26(8-9-28-18)14-16-4-6-25(2)7-5-16;7-4-6-2-1-5-3-6/h10-11,16,18,24H,3-9,12-15,23H2,1-2H3;1-4H. The van der Waals surface area contributed by atoms with E-state index in [0.717, 1.165) is 43.5 Å². The number of hydrogen-bond donors (Lipinski definition) is 2. The summed E-state index contributed by atoms with van der Waals surface area (Å²) >= 11 is 6.19. The first kappa shape index (κ1) is 27.4. The Morgan fingerprint density at radius 2 is 2.11 bits per heavy atom. The largest absolute Gasteiger partial charge is 0.493 e. The number of morpholine rings is 1. The van der Waals surface area contributed by atoms with Crippen molar-refractivity contribution in [2.24, 2.45) is 5.92 Å². The molecular weight excluding hydrogens is 468 g/mol. The summed E-state index contributed by atoms with van der Waals surface area (Å²) in [6.07, 6.45) is 8.10. The zero-order valence-corrected chi connectivity index (χ0v) is 21.6. The fourth-order valence-electron chi connectivity index (χ4n) is 4.42. The lowest BCUT2D eigenvalue weighted by Gasteiger charge is -2.37. The van der Waals surface area contributed by atoms with Gasteiger partial charge in [-0.15, -0.1) is 0 Å². The van der Waals surface area contributed by atoms with Gasteiger partial charge in [0.15, 0.2) is 0 Å². The zero-order chi connectivity index (χ0) is 25.0. The number of aromatic nitrogens is 2. The number of carbonyl (C=O) groups excluding carboxylic acids is 1. The van der Waals surface area contributed by atoms with Crippen LogP contribution in [0.25, 0.3) is 0 Å². The predicted octanol–water partition coefficient (Wildman–Crippen LogP) is 2.37. The number of rotatable bonds is 9. The lowest BCUT2D eigenvalue weighted by Crippen LogP contribution is -2.48. The fourth-order valence-corrected chi connectivity index (χ4v) is 4.60. The number of nitrogens with one attached hydrogen (secondary N) is 1. The Balaban J connectivity index is 0.000000420. The van der Waals surface area contributed by atoms with Crippen LogP contribution in [0.4, 0.5) is 5.69 Å². The predicted molar refractivity (Wildman–Crippen MR) is 140 cm³/mol. The minimum atomic E-state index is 0.222. The van der Waals surface area contributed by atoms with Crippen molar-refractivity contribution in [1.29, 1.82) is 0 Å². The summed E-state index contributed by atoms with van der Waals surface area (Å²) < 4.78 is 13.0. The lowest BCUT2D eigenvalue weighted by molar-refractivity contribution is -0.0340. The molecule has 0 amide bonds. The molecule has 1 aromatic heterocycles. The van der Waals surface area contributed by atoms with Crippen LogP contribution in [0.3, 0.4) is 0 Å². The average molecular weight is 507 g/mol. The first-order valence-corrected chi connectivity index (χ1v) is 12.7. The topological polar surface area (TPSA) is 97.9 Å². The maximum absolute atomic E-state index is 9.79. The minimum absolute atomic E-state index is 0.222. The fraction of sp³-hybridized carbons (Fsp3) is 0.600. The molecule has 3 N–H and O–H groups in total. The van der Waals surface area contributed by atoms with Crippen LogP contribution in [0, 0.1) is 5.92 Å². The van der Waals surface area contributed by atoms with Crippen LogP contribution >= 0.6 is 11.6 Å². The molecule has 10 heteroatoms. The molecule has 0 spiro atoms. The van der Waals surface area contributed by atoms with Crippen molar-refractivity contribution in [3.8, 4) is 5.75 Å². The molecule has 1 unspecified atom stereocenters. The Kier molecular flexibility index (Phi) is 11.3. The molecule has 35 heavy (non-hydrogen) atoms. The number of ether oxygens (including phenoxy) is 2. The molecule has 2 aliphatic rings. The molecule has 3 heterocycles. The van der Waals surface area contributed by atoms with Crippen molar-refractivity contribution < 1.29 is 14.3 Å². The van der Waals surface area contributed by atoms with E-state index < -0.39 is 0 Å². The molecule has 0 radical (unpaired) electrons. The second-order valence-electron chi connectivity index (χ2n) is 9.16. The highest BCUT2D eigenvalue weighted by Crippen LogP contribution is 2.29. The molecule has 0 bridgehead atoms. The summed E-state index contributed by atoms with van der Waals surface area (Å²) in [5, 5.41) is 4.08. The number of benzene rings is 1. The van der Waals surface area contributed by atoms with Crippen LogP contribution in [0.5, 0.6) is 5.75 Å². The first-order chi connectivity index (χ1) is 17.0. The Bertz CT molecular complexity index is 890. The number of piperidine rings is 1. The van der Waals surface area contributed by atoms with E-state index in [1.54, 1.807) is 12.4 Å². The Hall–Kier alpha value is -2.17. The third-order valence-electron chi connectivity index (χ3n) is 6.39. The van der Waals surface area contributed by atoms with E-state index >= 15 is 0 Å². The normalized spacial score (nSPS) is 19.7. The maximum atomic E-state index is 9.79. The molecule has 2 fully saturated rings. The third-order valence-corrected chi connectivity index (χ3v) is 6.72. The van der Waals surface area contributed by atoms with Gasteiger partial charge in [0.25, 0.3) is 0 Å². The number of anilines is 1. The Morgan fingerprint density at radius 1 is 1.31 bits per heavy atom. The van der Waals surface area contributed by atoms with Gasteiger partial charge in [-0.05, 0) is 51.9 Å². The van der Waals surface area contributed by atoms with Gasteiger partial charge in [0.05, 0.1) is 30.0 Å². The number of carbonyl (C=O) groups is 1. The van der Waals surface area contributed by atoms with Crippen LogP contribution in [0.2, 0.25) is 5.02 Å². The quantitative estimate of drug-likeness (QED) is 0.395. The smallest absolute Gasteiger partial charge is 0.218 e. The number of halogens is 1. The summed E-state index contributed by atoms with van der Waals surface area (Å²) in [4.78, 5) is 18.4. The zero-order valence-electron chi connectivity index (χ0n) is 20.9. The van der Waals surface area contributed by atoms with Crippen molar-refractivity contribution in [3.63, 3.8) is 0 Å². The molecule has 1 atom stereocenters. The van der Waals surface area contributed by atoms with Gasteiger partial charge in [-0.3, -0.25) is 14.3 Å². The minimum Gasteiger partial charge on any atom is -0.493 e. The SMILES string of the molecule is CCOc1cc(N)c(Cl)cc1CNCC1CN(CC2CCN(C)CC2)CCO1.O=Cn1ccnc1. The number of hydrogen-bond acceptors (Lipinski definition) is 8. The summed E-state index contributed by atoms with van der Waals surface area (Å²) in [6, 6.07) is 3.70. The molecule has 2 saturated heterocycles. The third kappa shape index (κ3) is 9.09. The molecule has 2 aliphatic heterocycles. The van der Waals surface area contributed by atoms with Gasteiger partial charge >= 0.3 is 0 Å². The monoisotopic (exact) mass is 506 g/mol. The molecule has 0 aliphatic carbocycles. The van der Waals surface area contributed by atoms with Gasteiger partial charge in [0.2, 0.25) is 6.41 Å². The number of imidazole rings is 1. The van der Waals surface area contributed by atoms with Crippen LogP contribution < -0.4 is 15.8 Å². The van der Waals surface area contributed by atoms with E-state index in [0.29, 0.717) is 30.3 Å². The van der Waals surface area contributed by atoms with Crippen LogP contribution in [0.1, 0.15) is 25.3 Å².